The van der Waals surface area contributed by atoms with E-state index in [0.29, 0.717) is 17.9 Å². The molecule has 0 atom stereocenters. The predicted molar refractivity (Wildman–Crippen MR) is 113 cm³/mol. The number of piperazine rings is 1. The van der Waals surface area contributed by atoms with Crippen LogP contribution in [-0.4, -0.2) is 54.2 Å². The molecule has 3 heterocycles. The summed E-state index contributed by atoms with van der Waals surface area (Å²) in [4.78, 5) is 13.5. The molecule has 6 nitrogen and oxygen atoms in total. The highest BCUT2D eigenvalue weighted by atomic mass is 16.5. The van der Waals surface area contributed by atoms with Crippen LogP contribution in [0, 0.1) is 11.3 Å². The monoisotopic (exact) mass is 385 g/mol. The number of nitrogens with zero attached hydrogens (tertiary/aromatic N) is 5. The number of aromatic nitrogens is 2. The van der Waals surface area contributed by atoms with Gasteiger partial charge in [0.1, 0.15) is 24.2 Å². The van der Waals surface area contributed by atoms with Gasteiger partial charge in [-0.3, -0.25) is 9.88 Å². The number of anilines is 1. The summed E-state index contributed by atoms with van der Waals surface area (Å²) in [6, 6.07) is 19.5. The minimum atomic E-state index is 0.575. The maximum Gasteiger partial charge on any atom is 0.128 e. The van der Waals surface area contributed by atoms with Crippen molar-refractivity contribution in [1.29, 1.82) is 5.26 Å². The Morgan fingerprint density at radius 3 is 2.41 bits per heavy atom. The number of hydrogen-bond acceptors (Lipinski definition) is 6. The molecule has 0 spiro atoms. The molecule has 0 bridgehead atoms. The average molecular weight is 385 g/mol. The zero-order valence-corrected chi connectivity index (χ0v) is 16.2. The van der Waals surface area contributed by atoms with E-state index >= 15 is 0 Å². The molecule has 0 aliphatic carbocycles. The van der Waals surface area contributed by atoms with E-state index in [9.17, 15) is 5.26 Å². The molecule has 1 aliphatic heterocycles. The smallest absolute Gasteiger partial charge is 0.128 e. The Hall–Kier alpha value is -3.43. The van der Waals surface area contributed by atoms with Crippen LogP contribution in [0.5, 0.6) is 5.75 Å². The van der Waals surface area contributed by atoms with Crippen LogP contribution in [0.25, 0.3) is 11.3 Å². The van der Waals surface area contributed by atoms with Gasteiger partial charge >= 0.3 is 0 Å². The molecule has 0 saturated carbocycles. The quantitative estimate of drug-likeness (QED) is 0.649. The van der Waals surface area contributed by atoms with Crippen molar-refractivity contribution in [2.24, 2.45) is 0 Å². The van der Waals surface area contributed by atoms with Crippen LogP contribution in [-0.2, 0) is 0 Å². The highest BCUT2D eigenvalue weighted by molar-refractivity contribution is 5.66. The van der Waals surface area contributed by atoms with Crippen molar-refractivity contribution in [1.82, 2.24) is 14.9 Å². The van der Waals surface area contributed by atoms with Gasteiger partial charge in [0.15, 0.2) is 0 Å². The summed E-state index contributed by atoms with van der Waals surface area (Å²) in [6.45, 7) is 5.53. The topological polar surface area (TPSA) is 65.3 Å². The lowest BCUT2D eigenvalue weighted by Gasteiger charge is -2.35. The molecule has 0 amide bonds. The van der Waals surface area contributed by atoms with Crippen LogP contribution in [0.2, 0.25) is 0 Å². The van der Waals surface area contributed by atoms with Gasteiger partial charge in [-0.2, -0.15) is 5.26 Å². The van der Waals surface area contributed by atoms with Gasteiger partial charge in [0, 0.05) is 50.7 Å². The Morgan fingerprint density at radius 2 is 1.69 bits per heavy atom. The molecular formula is C23H23N5O. The van der Waals surface area contributed by atoms with E-state index in [1.807, 2.05) is 42.6 Å². The van der Waals surface area contributed by atoms with Crippen molar-refractivity contribution in [2.45, 2.75) is 0 Å². The summed E-state index contributed by atoms with van der Waals surface area (Å²) < 4.78 is 5.91. The van der Waals surface area contributed by atoms with Gasteiger partial charge in [0.2, 0.25) is 0 Å². The fraction of sp³-hybridized carbons (Fsp3) is 0.261. The zero-order chi connectivity index (χ0) is 19.9. The third-order valence-corrected chi connectivity index (χ3v) is 5.08. The SMILES string of the molecule is N#Cc1cccnc1-c1ccc(OCCN2CCN(c3ccccn3)CC2)cc1. The van der Waals surface area contributed by atoms with E-state index in [4.69, 9.17) is 4.74 Å². The number of hydrogen-bond donors (Lipinski definition) is 0. The summed E-state index contributed by atoms with van der Waals surface area (Å²) in [7, 11) is 0. The van der Waals surface area contributed by atoms with E-state index in [-0.39, 0.29) is 0 Å². The second-order valence-corrected chi connectivity index (χ2v) is 6.90. The highest BCUT2D eigenvalue weighted by Gasteiger charge is 2.17. The highest BCUT2D eigenvalue weighted by Crippen LogP contribution is 2.23. The van der Waals surface area contributed by atoms with Crippen molar-refractivity contribution in [2.75, 3.05) is 44.2 Å². The Balaban J connectivity index is 1.25. The van der Waals surface area contributed by atoms with Crippen molar-refractivity contribution in [3.8, 4) is 23.1 Å². The van der Waals surface area contributed by atoms with Gasteiger partial charge in [0.25, 0.3) is 0 Å². The first-order chi connectivity index (χ1) is 14.3. The maximum atomic E-state index is 9.23. The first-order valence-electron chi connectivity index (χ1n) is 9.80. The molecule has 0 unspecified atom stereocenters. The number of pyridine rings is 2. The second kappa shape index (κ2) is 9.18. The van der Waals surface area contributed by atoms with Crippen LogP contribution < -0.4 is 9.64 Å². The summed E-state index contributed by atoms with van der Waals surface area (Å²) in [5.74, 6) is 1.88. The van der Waals surface area contributed by atoms with E-state index in [1.54, 1.807) is 18.3 Å². The fourth-order valence-electron chi connectivity index (χ4n) is 3.47. The molecule has 1 saturated heterocycles. The fourth-order valence-corrected chi connectivity index (χ4v) is 3.47. The minimum absolute atomic E-state index is 0.575. The van der Waals surface area contributed by atoms with Crippen LogP contribution in [0.3, 0.4) is 0 Å². The number of ether oxygens (including phenoxy) is 1. The number of rotatable bonds is 6. The number of benzene rings is 1. The normalized spacial score (nSPS) is 14.4. The van der Waals surface area contributed by atoms with Gasteiger partial charge in [-0.15, -0.1) is 0 Å². The lowest BCUT2D eigenvalue weighted by molar-refractivity contribution is 0.200. The Kier molecular flexibility index (Phi) is 5.98. The van der Waals surface area contributed by atoms with Crippen molar-refractivity contribution >= 4 is 5.82 Å². The van der Waals surface area contributed by atoms with Crippen molar-refractivity contribution in [3.63, 3.8) is 0 Å². The first kappa shape index (κ1) is 18.9. The van der Waals surface area contributed by atoms with Crippen LogP contribution in [0.4, 0.5) is 5.82 Å². The third kappa shape index (κ3) is 4.71. The molecule has 3 aromatic rings. The third-order valence-electron chi connectivity index (χ3n) is 5.08. The maximum absolute atomic E-state index is 9.23. The summed E-state index contributed by atoms with van der Waals surface area (Å²) in [5.41, 5.74) is 2.19. The van der Waals surface area contributed by atoms with E-state index in [0.717, 1.165) is 49.9 Å². The van der Waals surface area contributed by atoms with Crippen LogP contribution >= 0.6 is 0 Å². The molecule has 0 N–H and O–H groups in total. The van der Waals surface area contributed by atoms with Gasteiger partial charge in [0.05, 0.1) is 11.3 Å². The average Bonchev–Trinajstić information content (AvgIpc) is 2.80. The van der Waals surface area contributed by atoms with Gasteiger partial charge < -0.3 is 9.64 Å². The molecule has 0 radical (unpaired) electrons. The van der Waals surface area contributed by atoms with E-state index in [1.165, 1.54) is 0 Å². The Bertz CT molecular complexity index is 961. The summed E-state index contributed by atoms with van der Waals surface area (Å²) in [6.07, 6.45) is 3.55. The number of nitriles is 1. The minimum Gasteiger partial charge on any atom is -0.492 e. The van der Waals surface area contributed by atoms with Crippen molar-refractivity contribution in [3.05, 3.63) is 72.6 Å². The Morgan fingerprint density at radius 1 is 0.897 bits per heavy atom. The van der Waals surface area contributed by atoms with Gasteiger partial charge in [-0.1, -0.05) is 6.07 Å². The molecule has 4 rings (SSSR count). The molecule has 2 aromatic heterocycles. The Labute approximate surface area is 171 Å². The van der Waals surface area contributed by atoms with Gasteiger partial charge in [-0.05, 0) is 48.5 Å². The van der Waals surface area contributed by atoms with Gasteiger partial charge in [-0.25, -0.2) is 4.98 Å². The zero-order valence-electron chi connectivity index (χ0n) is 16.2. The second-order valence-electron chi connectivity index (χ2n) is 6.90. The summed E-state index contributed by atoms with van der Waals surface area (Å²) >= 11 is 0. The largest absolute Gasteiger partial charge is 0.492 e. The van der Waals surface area contributed by atoms with E-state index in [2.05, 4.69) is 31.9 Å². The molecule has 1 aromatic carbocycles. The molecular weight excluding hydrogens is 362 g/mol. The standard InChI is InChI=1S/C23H23N5O/c24-18-20-4-3-11-26-23(20)19-6-8-21(9-7-19)29-17-16-27-12-14-28(15-13-27)22-5-1-2-10-25-22/h1-11H,12-17H2. The molecule has 146 valence electrons. The first-order valence-corrected chi connectivity index (χ1v) is 9.80. The predicted octanol–water partition coefficient (Wildman–Crippen LogP) is 3.22. The molecule has 6 heteroatoms. The molecule has 1 aliphatic rings. The molecule has 29 heavy (non-hydrogen) atoms. The summed E-state index contributed by atoms with van der Waals surface area (Å²) in [5, 5.41) is 9.23. The lowest BCUT2D eigenvalue weighted by Crippen LogP contribution is -2.47. The lowest BCUT2D eigenvalue weighted by atomic mass is 10.1. The molecule has 1 fully saturated rings. The van der Waals surface area contributed by atoms with Crippen LogP contribution in [0.15, 0.2) is 67.0 Å². The van der Waals surface area contributed by atoms with Crippen molar-refractivity contribution < 1.29 is 4.74 Å². The van der Waals surface area contributed by atoms with E-state index < -0.39 is 0 Å². The van der Waals surface area contributed by atoms with Crippen LogP contribution in [0.1, 0.15) is 5.56 Å².